The highest BCUT2D eigenvalue weighted by Gasteiger charge is 2.21. The number of aromatic amines is 1. The first-order chi connectivity index (χ1) is 13.6. The molecule has 0 atom stereocenters. The Balaban J connectivity index is 2.10. The molecule has 0 unspecified atom stereocenters. The lowest BCUT2D eigenvalue weighted by molar-refractivity contribution is 0.0515. The van der Waals surface area contributed by atoms with Crippen LogP contribution in [0.1, 0.15) is 87.3 Å². The molecule has 0 aliphatic carbocycles. The number of ether oxygens (including phenoxy) is 1. The molecule has 2 rings (SSSR count). The lowest BCUT2D eigenvalue weighted by Crippen LogP contribution is -2.07. The summed E-state index contributed by atoms with van der Waals surface area (Å²) < 4.78 is 19.8. The molecule has 4 heteroatoms. The van der Waals surface area contributed by atoms with Crippen molar-refractivity contribution < 1.29 is 13.9 Å². The summed E-state index contributed by atoms with van der Waals surface area (Å²) in [4.78, 5) is 14.7. The van der Waals surface area contributed by atoms with Gasteiger partial charge in [-0.2, -0.15) is 0 Å². The van der Waals surface area contributed by atoms with Crippen LogP contribution >= 0.6 is 0 Å². The molecule has 0 spiro atoms. The lowest BCUT2D eigenvalue weighted by atomic mass is 9.92. The van der Waals surface area contributed by atoms with Crippen LogP contribution in [0.5, 0.6) is 0 Å². The molecule has 1 aromatic carbocycles. The number of rotatable bonds is 12. The maximum atomic E-state index is 14.9. The van der Waals surface area contributed by atoms with Gasteiger partial charge in [-0.15, -0.1) is 0 Å². The van der Waals surface area contributed by atoms with E-state index in [4.69, 9.17) is 4.74 Å². The summed E-state index contributed by atoms with van der Waals surface area (Å²) in [6.07, 6.45) is 12.4. The number of H-pyrrole nitrogens is 1. The van der Waals surface area contributed by atoms with E-state index in [1.807, 2.05) is 12.1 Å². The predicted octanol–water partition coefficient (Wildman–Crippen LogP) is 6.85. The van der Waals surface area contributed by atoms with Crippen molar-refractivity contribution in [2.24, 2.45) is 0 Å². The van der Waals surface area contributed by atoms with Crippen molar-refractivity contribution >= 4 is 5.97 Å². The van der Waals surface area contributed by atoms with E-state index in [-0.39, 0.29) is 12.3 Å². The molecule has 0 fully saturated rings. The van der Waals surface area contributed by atoms with Crippen molar-refractivity contribution in [3.63, 3.8) is 0 Å². The SMILES string of the molecule is CCCCCCCCCc1cccc(-c2c[nH]c(C(=O)OCC)c2F)c1CC. The zero-order chi connectivity index (χ0) is 20.4. The molecule has 3 nitrogen and oxygen atoms in total. The van der Waals surface area contributed by atoms with E-state index in [0.717, 1.165) is 24.8 Å². The van der Waals surface area contributed by atoms with Crippen LogP contribution in [0.25, 0.3) is 11.1 Å². The van der Waals surface area contributed by atoms with E-state index in [0.29, 0.717) is 5.56 Å². The molecule has 1 heterocycles. The molecule has 1 aromatic heterocycles. The number of unbranched alkanes of at least 4 members (excludes halogenated alkanes) is 6. The van der Waals surface area contributed by atoms with Crippen molar-refractivity contribution in [2.75, 3.05) is 6.61 Å². The van der Waals surface area contributed by atoms with Gasteiger partial charge in [0, 0.05) is 11.8 Å². The monoisotopic (exact) mass is 387 g/mol. The predicted molar refractivity (Wildman–Crippen MR) is 113 cm³/mol. The van der Waals surface area contributed by atoms with Crippen LogP contribution in [-0.4, -0.2) is 17.6 Å². The van der Waals surface area contributed by atoms with Crippen LogP contribution in [0.4, 0.5) is 4.39 Å². The largest absolute Gasteiger partial charge is 0.461 e. The number of hydrogen-bond donors (Lipinski definition) is 1. The number of nitrogens with one attached hydrogen (secondary N) is 1. The summed E-state index contributed by atoms with van der Waals surface area (Å²) in [5.74, 6) is -1.18. The third kappa shape index (κ3) is 5.70. The van der Waals surface area contributed by atoms with Crippen LogP contribution in [0, 0.1) is 5.82 Å². The number of esters is 1. The second-order valence-electron chi connectivity index (χ2n) is 7.28. The van der Waals surface area contributed by atoms with E-state index >= 15 is 0 Å². The Kier molecular flexibility index (Phi) is 9.26. The molecule has 0 bridgehead atoms. The average molecular weight is 388 g/mol. The topological polar surface area (TPSA) is 42.1 Å². The quantitative estimate of drug-likeness (QED) is 0.319. The highest BCUT2D eigenvalue weighted by molar-refractivity contribution is 5.90. The van der Waals surface area contributed by atoms with E-state index < -0.39 is 11.8 Å². The van der Waals surface area contributed by atoms with Crippen LogP contribution in [0.3, 0.4) is 0 Å². The molecule has 2 aromatic rings. The van der Waals surface area contributed by atoms with Gasteiger partial charge in [-0.05, 0) is 42.9 Å². The molecule has 0 saturated carbocycles. The molecular weight excluding hydrogens is 353 g/mol. The third-order valence-corrected chi connectivity index (χ3v) is 5.26. The summed E-state index contributed by atoms with van der Waals surface area (Å²) >= 11 is 0. The van der Waals surface area contributed by atoms with Gasteiger partial charge in [-0.25, -0.2) is 9.18 Å². The first-order valence-electron chi connectivity index (χ1n) is 10.8. The van der Waals surface area contributed by atoms with Crippen molar-refractivity contribution in [1.29, 1.82) is 0 Å². The molecule has 0 radical (unpaired) electrons. The fourth-order valence-electron chi connectivity index (χ4n) is 3.76. The van der Waals surface area contributed by atoms with E-state index in [9.17, 15) is 9.18 Å². The Labute approximate surface area is 168 Å². The number of carbonyl (C=O) groups is 1. The Morgan fingerprint density at radius 1 is 1.00 bits per heavy atom. The van der Waals surface area contributed by atoms with Crippen LogP contribution < -0.4 is 0 Å². The Bertz CT molecular complexity index is 751. The molecular formula is C24H34FNO2. The fourth-order valence-corrected chi connectivity index (χ4v) is 3.76. The number of aromatic nitrogens is 1. The molecule has 0 aliphatic rings. The number of benzene rings is 1. The molecule has 1 N–H and O–H groups in total. The normalized spacial score (nSPS) is 11.0. The maximum absolute atomic E-state index is 14.9. The summed E-state index contributed by atoms with van der Waals surface area (Å²) in [5, 5.41) is 0. The zero-order valence-corrected chi connectivity index (χ0v) is 17.6. The first-order valence-corrected chi connectivity index (χ1v) is 10.8. The number of halogens is 1. The fraction of sp³-hybridized carbons (Fsp3) is 0.542. The minimum atomic E-state index is -0.650. The van der Waals surface area contributed by atoms with Gasteiger partial charge in [-0.3, -0.25) is 0 Å². The summed E-state index contributed by atoms with van der Waals surface area (Å²) in [7, 11) is 0. The molecule has 0 amide bonds. The maximum Gasteiger partial charge on any atom is 0.357 e. The van der Waals surface area contributed by atoms with Crippen LogP contribution in [0.15, 0.2) is 24.4 Å². The lowest BCUT2D eigenvalue weighted by Gasteiger charge is -2.13. The van der Waals surface area contributed by atoms with E-state index in [2.05, 4.69) is 24.9 Å². The van der Waals surface area contributed by atoms with Crippen LogP contribution in [0.2, 0.25) is 0 Å². The van der Waals surface area contributed by atoms with Gasteiger partial charge < -0.3 is 9.72 Å². The minimum Gasteiger partial charge on any atom is -0.461 e. The standard InChI is InChI=1S/C24H34FNO2/c1-4-7-8-9-10-11-12-14-18-15-13-16-20(19(18)5-2)21-17-26-23(22(21)25)24(27)28-6-3/h13,15-17,26H,4-12,14H2,1-3H3. The Morgan fingerprint density at radius 2 is 1.71 bits per heavy atom. The molecule has 154 valence electrons. The average Bonchev–Trinajstić information content (AvgIpc) is 3.08. The Hall–Kier alpha value is -2.10. The summed E-state index contributed by atoms with van der Waals surface area (Å²) in [6, 6.07) is 6.08. The summed E-state index contributed by atoms with van der Waals surface area (Å²) in [6.45, 7) is 6.27. The van der Waals surface area contributed by atoms with Crippen molar-refractivity contribution in [2.45, 2.75) is 78.6 Å². The number of aryl methyl sites for hydroxylation is 1. The molecule has 28 heavy (non-hydrogen) atoms. The highest BCUT2D eigenvalue weighted by atomic mass is 19.1. The second-order valence-corrected chi connectivity index (χ2v) is 7.28. The van der Waals surface area contributed by atoms with Gasteiger partial charge in [0.15, 0.2) is 11.5 Å². The van der Waals surface area contributed by atoms with Gasteiger partial charge in [0.25, 0.3) is 0 Å². The van der Waals surface area contributed by atoms with Gasteiger partial charge in [0.05, 0.1) is 6.61 Å². The van der Waals surface area contributed by atoms with Crippen LogP contribution in [-0.2, 0) is 17.6 Å². The van der Waals surface area contributed by atoms with Crippen molar-refractivity contribution in [3.05, 3.63) is 47.0 Å². The zero-order valence-electron chi connectivity index (χ0n) is 17.6. The number of hydrogen-bond acceptors (Lipinski definition) is 2. The first kappa shape index (κ1) is 22.2. The van der Waals surface area contributed by atoms with E-state index in [1.165, 1.54) is 49.7 Å². The second kappa shape index (κ2) is 11.7. The van der Waals surface area contributed by atoms with Gasteiger partial charge in [0.2, 0.25) is 0 Å². The van der Waals surface area contributed by atoms with Gasteiger partial charge in [-0.1, -0.05) is 70.6 Å². The minimum absolute atomic E-state index is 0.101. The highest BCUT2D eigenvalue weighted by Crippen LogP contribution is 2.31. The van der Waals surface area contributed by atoms with Gasteiger partial charge >= 0.3 is 5.97 Å². The van der Waals surface area contributed by atoms with E-state index in [1.54, 1.807) is 13.1 Å². The van der Waals surface area contributed by atoms with Gasteiger partial charge in [0.1, 0.15) is 0 Å². The summed E-state index contributed by atoms with van der Waals surface area (Å²) in [5.41, 5.74) is 3.67. The third-order valence-electron chi connectivity index (χ3n) is 5.26. The molecule has 0 aliphatic heterocycles. The number of carbonyl (C=O) groups excluding carboxylic acids is 1. The Morgan fingerprint density at radius 3 is 2.39 bits per heavy atom. The van der Waals surface area contributed by atoms with Crippen molar-refractivity contribution in [1.82, 2.24) is 4.98 Å². The van der Waals surface area contributed by atoms with Crippen molar-refractivity contribution in [3.8, 4) is 11.1 Å². The molecule has 0 saturated heterocycles. The smallest absolute Gasteiger partial charge is 0.357 e.